The van der Waals surface area contributed by atoms with Crippen LogP contribution in [0.15, 0.2) is 55.1 Å². The topological polar surface area (TPSA) is 105 Å². The highest BCUT2D eigenvalue weighted by atomic mass is 16.2. The second-order valence-corrected chi connectivity index (χ2v) is 6.71. The fourth-order valence-electron chi connectivity index (χ4n) is 3.28. The van der Waals surface area contributed by atoms with Gasteiger partial charge in [0.2, 0.25) is 5.91 Å². The summed E-state index contributed by atoms with van der Waals surface area (Å²) in [5.74, 6) is 2.21. The highest BCUT2D eigenvalue weighted by Crippen LogP contribution is 2.23. The average Bonchev–Trinajstić information content (AvgIpc) is 3.35. The van der Waals surface area contributed by atoms with Crippen molar-refractivity contribution in [1.29, 1.82) is 0 Å². The van der Waals surface area contributed by atoms with Gasteiger partial charge in [-0.3, -0.25) is 4.79 Å². The van der Waals surface area contributed by atoms with Crippen LogP contribution >= 0.6 is 0 Å². The maximum absolute atomic E-state index is 12.4. The molecule has 9 heteroatoms. The first kappa shape index (κ1) is 16.4. The zero-order valence-corrected chi connectivity index (χ0v) is 15.0. The minimum absolute atomic E-state index is 0.0260. The molecule has 0 saturated carbocycles. The Morgan fingerprint density at radius 1 is 1.18 bits per heavy atom. The molecule has 5 rings (SSSR count). The lowest BCUT2D eigenvalue weighted by Gasteiger charge is -2.39. The van der Waals surface area contributed by atoms with Crippen LogP contribution in [0.2, 0.25) is 0 Å². The molecule has 9 nitrogen and oxygen atoms in total. The van der Waals surface area contributed by atoms with Gasteiger partial charge in [-0.15, -0.1) is 0 Å². The Hall–Kier alpha value is -3.75. The number of hydrogen-bond donors (Lipinski definition) is 2. The lowest BCUT2D eigenvalue weighted by molar-refractivity contribution is -0.125. The van der Waals surface area contributed by atoms with Gasteiger partial charge in [-0.25, -0.2) is 19.6 Å². The van der Waals surface area contributed by atoms with Crippen LogP contribution in [0, 0.1) is 5.92 Å². The minimum atomic E-state index is -0.0625. The molecule has 3 aromatic heterocycles. The van der Waals surface area contributed by atoms with Crippen molar-refractivity contribution in [3.63, 3.8) is 0 Å². The molecule has 1 fully saturated rings. The van der Waals surface area contributed by atoms with E-state index >= 15 is 0 Å². The number of benzene rings is 1. The lowest BCUT2D eigenvalue weighted by Crippen LogP contribution is -2.54. The van der Waals surface area contributed by atoms with Crippen molar-refractivity contribution in [3.8, 4) is 5.82 Å². The Kier molecular flexibility index (Phi) is 3.97. The van der Waals surface area contributed by atoms with E-state index in [2.05, 4.69) is 35.3 Å². The van der Waals surface area contributed by atoms with Crippen LogP contribution in [0.5, 0.6) is 0 Å². The SMILES string of the molecule is O=C(NCc1nc2ccccc2[nH]1)C1CN(c2cc(-n3cccn3)ncn2)C1. The number of nitrogens with one attached hydrogen (secondary N) is 2. The Balaban J connectivity index is 1.17. The molecule has 1 aliphatic rings. The van der Waals surface area contributed by atoms with Crippen LogP contribution in [0.1, 0.15) is 5.82 Å². The van der Waals surface area contributed by atoms with Gasteiger partial charge in [0, 0.05) is 31.5 Å². The first-order valence-electron chi connectivity index (χ1n) is 9.04. The Morgan fingerprint density at radius 3 is 2.86 bits per heavy atom. The van der Waals surface area contributed by atoms with Gasteiger partial charge in [-0.1, -0.05) is 12.1 Å². The molecule has 0 spiro atoms. The number of para-hydroxylation sites is 2. The molecular weight excluding hydrogens is 356 g/mol. The molecule has 140 valence electrons. The standard InChI is InChI=1S/C19H18N8O/c28-19(20-9-16-24-14-4-1-2-5-15(14)25-16)13-10-26(11-13)17-8-18(22-12-21-17)27-7-3-6-23-27/h1-8,12-13H,9-11H2,(H,20,28)(H,24,25). The summed E-state index contributed by atoms with van der Waals surface area (Å²) in [6.07, 6.45) is 5.05. The molecule has 2 N–H and O–H groups in total. The van der Waals surface area contributed by atoms with Crippen LogP contribution in [0.3, 0.4) is 0 Å². The highest BCUT2D eigenvalue weighted by Gasteiger charge is 2.33. The van der Waals surface area contributed by atoms with Gasteiger partial charge >= 0.3 is 0 Å². The molecule has 0 atom stereocenters. The van der Waals surface area contributed by atoms with Gasteiger partial charge in [0.25, 0.3) is 0 Å². The maximum Gasteiger partial charge on any atom is 0.227 e. The minimum Gasteiger partial charge on any atom is -0.355 e. The molecule has 1 saturated heterocycles. The number of anilines is 1. The van der Waals surface area contributed by atoms with Gasteiger partial charge in [0.1, 0.15) is 18.0 Å². The predicted molar refractivity (Wildman–Crippen MR) is 103 cm³/mol. The number of rotatable bonds is 5. The largest absolute Gasteiger partial charge is 0.355 e. The number of imidazole rings is 1. The maximum atomic E-state index is 12.4. The first-order chi connectivity index (χ1) is 13.8. The van der Waals surface area contributed by atoms with Crippen molar-refractivity contribution in [3.05, 3.63) is 60.9 Å². The summed E-state index contributed by atoms with van der Waals surface area (Å²) in [5.41, 5.74) is 1.87. The molecule has 1 amide bonds. The van der Waals surface area contributed by atoms with Crippen molar-refractivity contribution in [2.24, 2.45) is 5.92 Å². The zero-order chi connectivity index (χ0) is 18.9. The van der Waals surface area contributed by atoms with Gasteiger partial charge in [0.15, 0.2) is 5.82 Å². The number of fused-ring (bicyclic) bond motifs is 1. The predicted octanol–water partition coefficient (Wildman–Crippen LogP) is 1.29. The molecule has 1 aromatic carbocycles. The third-order valence-corrected chi connectivity index (χ3v) is 4.82. The summed E-state index contributed by atoms with van der Waals surface area (Å²) in [7, 11) is 0. The van der Waals surface area contributed by atoms with Crippen LogP contribution in [0.4, 0.5) is 5.82 Å². The Labute approximate surface area is 160 Å². The third-order valence-electron chi connectivity index (χ3n) is 4.82. The van der Waals surface area contributed by atoms with Crippen LogP contribution in [0.25, 0.3) is 16.9 Å². The molecule has 4 aromatic rings. The molecule has 28 heavy (non-hydrogen) atoms. The number of aromatic nitrogens is 6. The molecule has 0 unspecified atom stereocenters. The molecule has 0 aliphatic carbocycles. The number of carbonyl (C=O) groups is 1. The highest BCUT2D eigenvalue weighted by molar-refractivity contribution is 5.82. The second kappa shape index (κ2) is 6.76. The Morgan fingerprint density at radius 2 is 2.04 bits per heavy atom. The number of amides is 1. The quantitative estimate of drug-likeness (QED) is 0.545. The monoisotopic (exact) mass is 374 g/mol. The summed E-state index contributed by atoms with van der Waals surface area (Å²) < 4.78 is 1.68. The number of nitrogens with zero attached hydrogens (tertiary/aromatic N) is 6. The normalized spacial score (nSPS) is 14.2. The van der Waals surface area contributed by atoms with E-state index in [0.717, 1.165) is 22.7 Å². The zero-order valence-electron chi connectivity index (χ0n) is 15.0. The van der Waals surface area contributed by atoms with E-state index in [-0.39, 0.29) is 11.8 Å². The summed E-state index contributed by atoms with van der Waals surface area (Å²) in [4.78, 5) is 30.7. The van der Waals surface area contributed by atoms with Crippen molar-refractivity contribution < 1.29 is 4.79 Å². The Bertz CT molecular complexity index is 1080. The molecule has 4 heterocycles. The third kappa shape index (κ3) is 3.07. The van der Waals surface area contributed by atoms with Crippen LogP contribution in [-0.4, -0.2) is 48.7 Å². The second-order valence-electron chi connectivity index (χ2n) is 6.71. The van der Waals surface area contributed by atoms with E-state index in [0.29, 0.717) is 25.5 Å². The lowest BCUT2D eigenvalue weighted by atomic mass is 9.99. The van der Waals surface area contributed by atoms with Crippen molar-refractivity contribution >= 4 is 22.8 Å². The van der Waals surface area contributed by atoms with E-state index in [9.17, 15) is 4.79 Å². The summed E-state index contributed by atoms with van der Waals surface area (Å²) in [6, 6.07) is 11.5. The number of H-pyrrole nitrogens is 1. The fourth-order valence-corrected chi connectivity index (χ4v) is 3.28. The van der Waals surface area contributed by atoms with Gasteiger partial charge in [-0.2, -0.15) is 5.10 Å². The molecule has 1 aliphatic heterocycles. The molecular formula is C19H18N8O. The summed E-state index contributed by atoms with van der Waals surface area (Å²) in [6.45, 7) is 1.64. The van der Waals surface area contributed by atoms with Crippen molar-refractivity contribution in [1.82, 2.24) is 35.0 Å². The van der Waals surface area contributed by atoms with Gasteiger partial charge < -0.3 is 15.2 Å². The number of aromatic amines is 1. The van der Waals surface area contributed by atoms with Crippen molar-refractivity contribution in [2.45, 2.75) is 6.54 Å². The van der Waals surface area contributed by atoms with Gasteiger partial charge in [-0.05, 0) is 18.2 Å². The average molecular weight is 374 g/mol. The summed E-state index contributed by atoms with van der Waals surface area (Å²) in [5, 5.41) is 7.14. The number of carbonyl (C=O) groups excluding carboxylic acids is 1. The van der Waals surface area contributed by atoms with Crippen LogP contribution < -0.4 is 10.2 Å². The van der Waals surface area contributed by atoms with Crippen LogP contribution in [-0.2, 0) is 11.3 Å². The van der Waals surface area contributed by atoms with E-state index < -0.39 is 0 Å². The van der Waals surface area contributed by atoms with E-state index in [1.54, 1.807) is 10.9 Å². The van der Waals surface area contributed by atoms with E-state index in [4.69, 9.17) is 0 Å². The molecule has 0 radical (unpaired) electrons. The summed E-state index contributed by atoms with van der Waals surface area (Å²) >= 11 is 0. The number of hydrogen-bond acceptors (Lipinski definition) is 6. The smallest absolute Gasteiger partial charge is 0.227 e. The fraction of sp³-hybridized carbons (Fsp3) is 0.211. The van der Waals surface area contributed by atoms with E-state index in [1.165, 1.54) is 6.33 Å². The molecule has 0 bridgehead atoms. The van der Waals surface area contributed by atoms with Gasteiger partial charge in [0.05, 0.1) is 23.5 Å². The van der Waals surface area contributed by atoms with E-state index in [1.807, 2.05) is 42.6 Å². The van der Waals surface area contributed by atoms with Crippen molar-refractivity contribution in [2.75, 3.05) is 18.0 Å². The first-order valence-corrected chi connectivity index (χ1v) is 9.04.